The van der Waals surface area contributed by atoms with Crippen LogP contribution in [0.2, 0.25) is 5.02 Å². The van der Waals surface area contributed by atoms with Crippen molar-refractivity contribution in [1.82, 2.24) is 29.7 Å². The molecule has 2 fully saturated rings. The Kier molecular flexibility index (Phi) is 7.79. The Morgan fingerprint density at radius 1 is 1.09 bits per heavy atom. The minimum Gasteiger partial charge on any atom is -0.377 e. The Morgan fingerprint density at radius 2 is 1.91 bits per heavy atom. The standard InChI is InChI=1S/C31H31BrClN7O3/c1-18-7-9-19(10-8-18)16-40-28-25(21-13-22(33)15-34-14-21)35-27(29-37-31(41)43-38-29)24(32)26(28)36-30(40)39-11-12-42-17-23(39)20-5-3-2-4-6-20/h2-6,13-15,18-19,23H,7-12,16-17H2,1H3,(H,37,38,41)/t18?,19?,23-/m0/s1. The Labute approximate surface area is 261 Å². The lowest BCUT2D eigenvalue weighted by molar-refractivity contribution is 0.0927. The van der Waals surface area contributed by atoms with Crippen LogP contribution in [-0.2, 0) is 11.3 Å². The van der Waals surface area contributed by atoms with E-state index in [1.807, 2.05) is 12.1 Å². The van der Waals surface area contributed by atoms with Gasteiger partial charge in [-0.05, 0) is 52.2 Å². The monoisotopic (exact) mass is 663 g/mol. The first-order valence-electron chi connectivity index (χ1n) is 14.6. The van der Waals surface area contributed by atoms with Gasteiger partial charge in [-0.15, -0.1) is 0 Å². The number of anilines is 1. The summed E-state index contributed by atoms with van der Waals surface area (Å²) >= 11 is 10.2. The van der Waals surface area contributed by atoms with E-state index in [1.54, 1.807) is 12.4 Å². The Bertz CT molecular complexity index is 1810. The number of pyridine rings is 2. The number of rotatable bonds is 6. The van der Waals surface area contributed by atoms with Gasteiger partial charge in [0.1, 0.15) is 11.2 Å². The molecule has 222 valence electrons. The van der Waals surface area contributed by atoms with Crippen molar-refractivity contribution < 1.29 is 9.26 Å². The van der Waals surface area contributed by atoms with Crippen LogP contribution in [0.5, 0.6) is 0 Å². The molecule has 10 nitrogen and oxygen atoms in total. The zero-order valence-corrected chi connectivity index (χ0v) is 26.0. The third kappa shape index (κ3) is 5.49. The maximum atomic E-state index is 11.9. The minimum atomic E-state index is -0.661. The van der Waals surface area contributed by atoms with Crippen molar-refractivity contribution in [3.63, 3.8) is 0 Å². The molecule has 1 saturated heterocycles. The lowest BCUT2D eigenvalue weighted by Crippen LogP contribution is -2.41. The molecule has 1 aliphatic heterocycles. The summed E-state index contributed by atoms with van der Waals surface area (Å²) in [6.45, 7) is 4.99. The third-order valence-electron chi connectivity index (χ3n) is 8.60. The van der Waals surface area contributed by atoms with Gasteiger partial charge in [0.25, 0.3) is 0 Å². The summed E-state index contributed by atoms with van der Waals surface area (Å²) in [7, 11) is 0. The Morgan fingerprint density at radius 3 is 2.65 bits per heavy atom. The average Bonchev–Trinajstić information content (AvgIpc) is 3.63. The van der Waals surface area contributed by atoms with Gasteiger partial charge in [0.05, 0.1) is 40.0 Å². The van der Waals surface area contributed by atoms with Gasteiger partial charge in [0.15, 0.2) is 0 Å². The third-order valence-corrected chi connectivity index (χ3v) is 9.56. The van der Waals surface area contributed by atoms with Crippen LogP contribution in [0.3, 0.4) is 0 Å². The molecule has 1 aromatic carbocycles. The smallest absolute Gasteiger partial charge is 0.377 e. The van der Waals surface area contributed by atoms with Gasteiger partial charge >= 0.3 is 5.76 Å². The van der Waals surface area contributed by atoms with Crippen LogP contribution in [0.4, 0.5) is 5.95 Å². The number of H-pyrrole nitrogens is 1. The van der Waals surface area contributed by atoms with Gasteiger partial charge in [-0.3, -0.25) is 14.5 Å². The molecule has 1 aliphatic carbocycles. The highest BCUT2D eigenvalue weighted by molar-refractivity contribution is 9.10. The highest BCUT2D eigenvalue weighted by Crippen LogP contribution is 2.42. The van der Waals surface area contributed by atoms with Gasteiger partial charge in [-0.2, -0.15) is 0 Å². The Balaban J connectivity index is 1.49. The summed E-state index contributed by atoms with van der Waals surface area (Å²) in [4.78, 5) is 31.7. The van der Waals surface area contributed by atoms with Crippen molar-refractivity contribution in [1.29, 1.82) is 0 Å². The quantitative estimate of drug-likeness (QED) is 0.214. The van der Waals surface area contributed by atoms with E-state index in [4.69, 9.17) is 30.8 Å². The number of benzene rings is 1. The summed E-state index contributed by atoms with van der Waals surface area (Å²) in [5.74, 6) is 1.65. The molecule has 0 spiro atoms. The zero-order chi connectivity index (χ0) is 29.5. The number of hydrogen-bond donors (Lipinski definition) is 1. The number of aromatic amines is 1. The number of morpholine rings is 1. The number of fused-ring (bicyclic) bond motifs is 1. The Hall–Kier alpha value is -3.54. The van der Waals surface area contributed by atoms with E-state index < -0.39 is 5.76 Å². The SMILES string of the molecule is CC1CCC(Cn2c(N3CCOC[C@H]3c3ccccc3)nc3c(Br)c(-c4noc(=O)[nH]4)nc(-c4cncc(Cl)c4)c32)CC1. The molecule has 5 aromatic rings. The number of ether oxygens (including phenoxy) is 1. The summed E-state index contributed by atoms with van der Waals surface area (Å²) in [6.07, 6.45) is 8.10. The van der Waals surface area contributed by atoms with Crippen LogP contribution in [0.25, 0.3) is 33.8 Å². The summed E-state index contributed by atoms with van der Waals surface area (Å²) < 4.78 is 13.8. The number of nitrogens with zero attached hydrogens (tertiary/aromatic N) is 6. The highest BCUT2D eigenvalue weighted by Gasteiger charge is 2.33. The maximum Gasteiger partial charge on any atom is 0.439 e. The first-order chi connectivity index (χ1) is 21.0. The predicted octanol–water partition coefficient (Wildman–Crippen LogP) is 6.66. The topological polar surface area (TPSA) is 115 Å². The van der Waals surface area contributed by atoms with Crippen molar-refractivity contribution in [2.24, 2.45) is 11.8 Å². The predicted molar refractivity (Wildman–Crippen MR) is 168 cm³/mol. The zero-order valence-electron chi connectivity index (χ0n) is 23.7. The van der Waals surface area contributed by atoms with Crippen molar-refractivity contribution >= 4 is 44.5 Å². The molecule has 0 bridgehead atoms. The van der Waals surface area contributed by atoms with Crippen LogP contribution >= 0.6 is 27.5 Å². The molecular formula is C31H31BrClN7O3. The molecule has 1 atom stereocenters. The van der Waals surface area contributed by atoms with Crippen LogP contribution in [0.1, 0.15) is 44.2 Å². The molecule has 0 unspecified atom stereocenters. The molecule has 2 aliphatic rings. The number of halogens is 2. The summed E-state index contributed by atoms with van der Waals surface area (Å²) in [5, 5.41) is 4.44. The number of aromatic nitrogens is 6. The van der Waals surface area contributed by atoms with E-state index in [0.717, 1.165) is 42.3 Å². The number of hydrogen-bond acceptors (Lipinski definition) is 8. The largest absolute Gasteiger partial charge is 0.439 e. The van der Waals surface area contributed by atoms with Gasteiger partial charge in [0, 0.05) is 31.0 Å². The van der Waals surface area contributed by atoms with E-state index in [9.17, 15) is 4.79 Å². The van der Waals surface area contributed by atoms with E-state index in [-0.39, 0.29) is 11.9 Å². The van der Waals surface area contributed by atoms with Crippen molar-refractivity contribution in [2.75, 3.05) is 24.7 Å². The van der Waals surface area contributed by atoms with Crippen LogP contribution in [-0.4, -0.2) is 49.4 Å². The summed E-state index contributed by atoms with van der Waals surface area (Å²) in [5.41, 5.74) is 4.56. The van der Waals surface area contributed by atoms with E-state index in [0.29, 0.717) is 52.1 Å². The fourth-order valence-electron chi connectivity index (χ4n) is 6.35. The van der Waals surface area contributed by atoms with Gasteiger partial charge in [-0.1, -0.05) is 66.9 Å². The second-order valence-corrected chi connectivity index (χ2v) is 12.7. The van der Waals surface area contributed by atoms with Gasteiger partial charge in [-0.25, -0.2) is 14.8 Å². The fourth-order valence-corrected chi connectivity index (χ4v) is 7.07. The van der Waals surface area contributed by atoms with Crippen molar-refractivity contribution in [2.45, 2.75) is 45.2 Å². The minimum absolute atomic E-state index is 0.00808. The van der Waals surface area contributed by atoms with E-state index in [1.165, 1.54) is 18.4 Å². The highest BCUT2D eigenvalue weighted by atomic mass is 79.9. The molecule has 43 heavy (non-hydrogen) atoms. The second-order valence-electron chi connectivity index (χ2n) is 11.5. The molecule has 1 N–H and O–H groups in total. The van der Waals surface area contributed by atoms with Crippen molar-refractivity contribution in [3.8, 4) is 22.8 Å². The summed E-state index contributed by atoms with van der Waals surface area (Å²) in [6, 6.07) is 12.3. The first-order valence-corrected chi connectivity index (χ1v) is 15.8. The lowest BCUT2D eigenvalue weighted by atomic mass is 9.83. The fraction of sp³-hybridized carbons (Fsp3) is 0.387. The second kappa shape index (κ2) is 11.9. The molecular weight excluding hydrogens is 634 g/mol. The lowest BCUT2D eigenvalue weighted by Gasteiger charge is -2.37. The maximum absolute atomic E-state index is 11.9. The molecule has 7 rings (SSSR count). The number of nitrogens with one attached hydrogen (secondary N) is 1. The van der Waals surface area contributed by atoms with Gasteiger partial charge in [0.2, 0.25) is 11.8 Å². The van der Waals surface area contributed by atoms with Crippen LogP contribution in [0.15, 0.2) is 62.6 Å². The molecule has 4 aromatic heterocycles. The molecule has 0 amide bonds. The first kappa shape index (κ1) is 28.2. The molecule has 0 radical (unpaired) electrons. The molecule has 5 heterocycles. The number of imidazole rings is 1. The molecule has 1 saturated carbocycles. The van der Waals surface area contributed by atoms with Crippen LogP contribution < -0.4 is 10.7 Å². The normalized spacial score (nSPS) is 21.0. The average molecular weight is 665 g/mol. The van der Waals surface area contributed by atoms with Gasteiger partial charge < -0.3 is 14.2 Å². The van der Waals surface area contributed by atoms with Crippen molar-refractivity contribution in [3.05, 3.63) is 74.4 Å². The van der Waals surface area contributed by atoms with E-state index >= 15 is 0 Å². The molecule has 12 heteroatoms. The van der Waals surface area contributed by atoms with Crippen LogP contribution in [0, 0.1) is 11.8 Å². The van der Waals surface area contributed by atoms with E-state index in [2.05, 4.69) is 71.7 Å².